The van der Waals surface area contributed by atoms with Gasteiger partial charge in [0, 0.05) is 23.0 Å². The van der Waals surface area contributed by atoms with E-state index in [9.17, 15) is 0 Å². The molecule has 2 aromatic rings. The molecule has 2 heterocycles. The summed E-state index contributed by atoms with van der Waals surface area (Å²) in [5, 5.41) is 3.59. The molecule has 0 radical (unpaired) electrons. The number of hydrogen-bond acceptors (Lipinski definition) is 4. The molecular weight excluding hydrogens is 244 g/mol. The molecule has 1 fully saturated rings. The summed E-state index contributed by atoms with van der Waals surface area (Å²) in [7, 11) is 0. The molecule has 1 unspecified atom stereocenters. The van der Waals surface area contributed by atoms with Crippen LogP contribution in [-0.2, 0) is 0 Å². The topological polar surface area (TPSA) is 38.1 Å². The van der Waals surface area contributed by atoms with Crippen LogP contribution in [0.3, 0.4) is 0 Å². The average Bonchev–Trinajstić information content (AvgIpc) is 2.95. The molecule has 0 saturated carbocycles. The number of hydrogen-bond donors (Lipinski definition) is 1. The SMILES string of the molecule is c1ncc(-c2ccc(NC3CCCSC3)cc2)o1. The highest BCUT2D eigenvalue weighted by Gasteiger charge is 2.13. The molecule has 1 aromatic carbocycles. The maximum absolute atomic E-state index is 5.27. The first-order valence-electron chi connectivity index (χ1n) is 6.25. The first kappa shape index (κ1) is 11.7. The van der Waals surface area contributed by atoms with Gasteiger partial charge in [0.15, 0.2) is 12.2 Å². The van der Waals surface area contributed by atoms with E-state index >= 15 is 0 Å². The quantitative estimate of drug-likeness (QED) is 0.914. The van der Waals surface area contributed by atoms with Crippen LogP contribution in [0.4, 0.5) is 5.69 Å². The van der Waals surface area contributed by atoms with Gasteiger partial charge in [-0.2, -0.15) is 11.8 Å². The standard InChI is InChI=1S/C14H16N2OS/c1-2-13(9-18-7-1)16-12-5-3-11(4-6-12)14-8-15-10-17-14/h3-6,8,10,13,16H,1-2,7,9H2. The molecular formula is C14H16N2OS. The van der Waals surface area contributed by atoms with Crippen molar-refractivity contribution < 1.29 is 4.42 Å². The lowest BCUT2D eigenvalue weighted by Crippen LogP contribution is -2.25. The lowest BCUT2D eigenvalue weighted by molar-refractivity contribution is 0.572. The van der Waals surface area contributed by atoms with Crippen LogP contribution in [0.25, 0.3) is 11.3 Å². The van der Waals surface area contributed by atoms with Crippen LogP contribution < -0.4 is 5.32 Å². The van der Waals surface area contributed by atoms with Gasteiger partial charge in [0.2, 0.25) is 0 Å². The zero-order valence-corrected chi connectivity index (χ0v) is 11.0. The summed E-state index contributed by atoms with van der Waals surface area (Å²) in [6.45, 7) is 0. The van der Waals surface area contributed by atoms with Gasteiger partial charge in [0.25, 0.3) is 0 Å². The second-order valence-electron chi connectivity index (χ2n) is 4.50. The van der Waals surface area contributed by atoms with Crippen LogP contribution >= 0.6 is 11.8 Å². The van der Waals surface area contributed by atoms with Gasteiger partial charge in [-0.25, -0.2) is 4.98 Å². The van der Waals surface area contributed by atoms with Crippen molar-refractivity contribution in [3.8, 4) is 11.3 Å². The molecule has 1 aliphatic heterocycles. The van der Waals surface area contributed by atoms with E-state index in [-0.39, 0.29) is 0 Å². The first-order valence-corrected chi connectivity index (χ1v) is 7.40. The van der Waals surface area contributed by atoms with Gasteiger partial charge in [-0.3, -0.25) is 0 Å². The third-order valence-electron chi connectivity index (χ3n) is 3.13. The van der Waals surface area contributed by atoms with Gasteiger partial charge in [-0.15, -0.1) is 0 Å². The summed E-state index contributed by atoms with van der Waals surface area (Å²) in [5.41, 5.74) is 2.25. The summed E-state index contributed by atoms with van der Waals surface area (Å²) in [5.74, 6) is 3.33. The molecule has 3 nitrogen and oxygen atoms in total. The maximum atomic E-state index is 5.27. The molecule has 1 aliphatic rings. The highest BCUT2D eigenvalue weighted by Crippen LogP contribution is 2.24. The van der Waals surface area contributed by atoms with E-state index in [1.807, 2.05) is 11.8 Å². The fourth-order valence-corrected chi connectivity index (χ4v) is 3.25. The van der Waals surface area contributed by atoms with Crippen LogP contribution in [0.15, 0.2) is 41.3 Å². The summed E-state index contributed by atoms with van der Waals surface area (Å²) in [6.07, 6.45) is 5.79. The Hall–Kier alpha value is -1.42. The monoisotopic (exact) mass is 260 g/mol. The fourth-order valence-electron chi connectivity index (χ4n) is 2.18. The predicted octanol–water partition coefficient (Wildman–Crippen LogP) is 3.65. The molecule has 1 saturated heterocycles. The Kier molecular flexibility index (Phi) is 3.55. The van der Waals surface area contributed by atoms with Gasteiger partial charge in [-0.05, 0) is 42.9 Å². The van der Waals surface area contributed by atoms with E-state index in [4.69, 9.17) is 4.42 Å². The molecule has 94 valence electrons. The zero-order valence-electron chi connectivity index (χ0n) is 10.1. The number of oxazole rings is 1. The summed E-state index contributed by atoms with van der Waals surface area (Å²) >= 11 is 2.04. The lowest BCUT2D eigenvalue weighted by atomic mass is 10.1. The minimum absolute atomic E-state index is 0.611. The van der Waals surface area contributed by atoms with Crippen molar-refractivity contribution in [1.82, 2.24) is 4.98 Å². The Balaban J connectivity index is 1.67. The highest BCUT2D eigenvalue weighted by molar-refractivity contribution is 7.99. The molecule has 0 amide bonds. The number of nitrogens with one attached hydrogen (secondary N) is 1. The van der Waals surface area contributed by atoms with Crippen molar-refractivity contribution in [3.63, 3.8) is 0 Å². The third kappa shape index (κ3) is 2.70. The Labute approximate surface area is 111 Å². The lowest BCUT2D eigenvalue weighted by Gasteiger charge is -2.23. The van der Waals surface area contributed by atoms with Crippen LogP contribution in [0.2, 0.25) is 0 Å². The van der Waals surface area contributed by atoms with E-state index in [1.54, 1.807) is 6.20 Å². The molecule has 1 N–H and O–H groups in total. The molecule has 0 aliphatic carbocycles. The van der Waals surface area contributed by atoms with Crippen molar-refractivity contribution in [2.45, 2.75) is 18.9 Å². The number of nitrogens with zero attached hydrogens (tertiary/aromatic N) is 1. The van der Waals surface area contributed by atoms with Crippen LogP contribution in [0.1, 0.15) is 12.8 Å². The second-order valence-corrected chi connectivity index (χ2v) is 5.65. The van der Waals surface area contributed by atoms with Crippen molar-refractivity contribution in [3.05, 3.63) is 36.9 Å². The number of benzene rings is 1. The van der Waals surface area contributed by atoms with Crippen LogP contribution in [0.5, 0.6) is 0 Å². The first-order chi connectivity index (χ1) is 8.92. The van der Waals surface area contributed by atoms with Gasteiger partial charge < -0.3 is 9.73 Å². The Morgan fingerprint density at radius 2 is 2.17 bits per heavy atom. The minimum Gasteiger partial charge on any atom is -0.444 e. The van der Waals surface area contributed by atoms with Crippen LogP contribution in [0, 0.1) is 0 Å². The van der Waals surface area contributed by atoms with E-state index < -0.39 is 0 Å². The van der Waals surface area contributed by atoms with E-state index in [0.29, 0.717) is 6.04 Å². The number of anilines is 1. The Morgan fingerprint density at radius 1 is 1.28 bits per heavy atom. The Bertz CT molecular complexity index is 475. The molecule has 1 atom stereocenters. The number of thioether (sulfide) groups is 1. The zero-order chi connectivity index (χ0) is 12.2. The molecule has 18 heavy (non-hydrogen) atoms. The highest BCUT2D eigenvalue weighted by atomic mass is 32.2. The van der Waals surface area contributed by atoms with Crippen molar-refractivity contribution in [1.29, 1.82) is 0 Å². The van der Waals surface area contributed by atoms with Gasteiger partial charge in [-0.1, -0.05) is 0 Å². The molecule has 1 aromatic heterocycles. The van der Waals surface area contributed by atoms with E-state index in [2.05, 4.69) is 34.6 Å². The summed E-state index contributed by atoms with van der Waals surface area (Å²) in [6, 6.07) is 8.96. The van der Waals surface area contributed by atoms with Crippen molar-refractivity contribution in [2.75, 3.05) is 16.8 Å². The summed E-state index contributed by atoms with van der Waals surface area (Å²) in [4.78, 5) is 3.93. The number of aromatic nitrogens is 1. The fraction of sp³-hybridized carbons (Fsp3) is 0.357. The van der Waals surface area contributed by atoms with E-state index in [1.165, 1.54) is 36.4 Å². The van der Waals surface area contributed by atoms with Gasteiger partial charge in [0.1, 0.15) is 0 Å². The van der Waals surface area contributed by atoms with Crippen molar-refractivity contribution >= 4 is 17.4 Å². The number of rotatable bonds is 3. The smallest absolute Gasteiger partial charge is 0.181 e. The molecule has 3 rings (SSSR count). The van der Waals surface area contributed by atoms with E-state index in [0.717, 1.165) is 11.3 Å². The summed E-state index contributed by atoms with van der Waals surface area (Å²) < 4.78 is 5.27. The van der Waals surface area contributed by atoms with Crippen molar-refractivity contribution in [2.24, 2.45) is 0 Å². The maximum Gasteiger partial charge on any atom is 0.181 e. The normalized spacial score (nSPS) is 19.7. The third-order valence-corrected chi connectivity index (χ3v) is 4.35. The van der Waals surface area contributed by atoms with Crippen LogP contribution in [-0.4, -0.2) is 22.5 Å². The molecule has 0 spiro atoms. The predicted molar refractivity (Wildman–Crippen MR) is 75.9 cm³/mol. The van der Waals surface area contributed by atoms with Gasteiger partial charge in [0.05, 0.1) is 6.20 Å². The Morgan fingerprint density at radius 3 is 2.83 bits per heavy atom. The molecule has 0 bridgehead atoms. The largest absolute Gasteiger partial charge is 0.444 e. The second kappa shape index (κ2) is 5.48. The minimum atomic E-state index is 0.611. The molecule has 4 heteroatoms. The average molecular weight is 260 g/mol. The van der Waals surface area contributed by atoms with Gasteiger partial charge >= 0.3 is 0 Å².